The Kier molecular flexibility index (Phi) is 6.63. The van der Waals surface area contributed by atoms with Gasteiger partial charge in [-0.15, -0.1) is 0 Å². The number of amides is 3. The van der Waals surface area contributed by atoms with E-state index in [2.05, 4.69) is 10.6 Å². The fourth-order valence-corrected chi connectivity index (χ4v) is 5.21. The number of benzene rings is 2. The Labute approximate surface area is 191 Å². The summed E-state index contributed by atoms with van der Waals surface area (Å²) >= 11 is 0. The highest BCUT2D eigenvalue weighted by Gasteiger charge is 2.43. The highest BCUT2D eigenvalue weighted by molar-refractivity contribution is 7.90. The minimum Gasteiger partial charge on any atom is -0.493 e. The maximum Gasteiger partial charge on any atom is 0.269 e. The summed E-state index contributed by atoms with van der Waals surface area (Å²) in [4.78, 5) is 37.1. The number of nitrogens with zero attached hydrogens (tertiary/aromatic N) is 1. The molecule has 11 heteroatoms. The third-order valence-corrected chi connectivity index (χ3v) is 6.95. The van der Waals surface area contributed by atoms with Crippen molar-refractivity contribution in [3.05, 3.63) is 46.5 Å². The van der Waals surface area contributed by atoms with Crippen molar-refractivity contribution in [3.63, 3.8) is 0 Å². The van der Waals surface area contributed by atoms with Crippen molar-refractivity contribution in [3.8, 4) is 11.5 Å². The van der Waals surface area contributed by atoms with E-state index >= 15 is 0 Å². The fraction of sp³-hybridized carbons (Fsp3) is 0.318. The lowest BCUT2D eigenvalue weighted by Crippen LogP contribution is -2.42. The van der Waals surface area contributed by atoms with Gasteiger partial charge in [0.05, 0.1) is 26.3 Å². The van der Waals surface area contributed by atoms with Crippen LogP contribution in [0.15, 0.2) is 29.2 Å². The largest absolute Gasteiger partial charge is 0.493 e. The number of hydrogen-bond acceptors (Lipinski definition) is 7. The minimum absolute atomic E-state index is 0.122. The Balaban J connectivity index is 1.68. The van der Waals surface area contributed by atoms with Gasteiger partial charge < -0.3 is 20.1 Å². The summed E-state index contributed by atoms with van der Waals surface area (Å²) in [6.07, 6.45) is 0. The molecule has 0 saturated heterocycles. The van der Waals surface area contributed by atoms with Crippen LogP contribution in [-0.2, 0) is 19.6 Å². The number of nitrogens with one attached hydrogen (secondary N) is 2. The van der Waals surface area contributed by atoms with Crippen LogP contribution in [0, 0.1) is 20.8 Å². The summed E-state index contributed by atoms with van der Waals surface area (Å²) < 4.78 is 36.3. The Morgan fingerprint density at radius 1 is 0.939 bits per heavy atom. The van der Waals surface area contributed by atoms with Crippen LogP contribution in [0.5, 0.6) is 11.5 Å². The zero-order chi connectivity index (χ0) is 24.5. The highest BCUT2D eigenvalue weighted by atomic mass is 32.2. The van der Waals surface area contributed by atoms with E-state index in [9.17, 15) is 22.8 Å². The molecule has 0 bridgehead atoms. The SMILES string of the molecule is COc1cc2c(cc1OC)S(=O)(=O)N(CC(=O)NCC(=O)Nc1c(C)cc(C)cc1C)C2=O. The Morgan fingerprint density at radius 3 is 2.09 bits per heavy atom. The fourth-order valence-electron chi connectivity index (χ4n) is 3.69. The number of rotatable bonds is 7. The van der Waals surface area contributed by atoms with Crippen LogP contribution < -0.4 is 20.1 Å². The van der Waals surface area contributed by atoms with Gasteiger partial charge >= 0.3 is 0 Å². The molecule has 2 aromatic carbocycles. The molecule has 1 heterocycles. The molecule has 0 spiro atoms. The lowest BCUT2D eigenvalue weighted by Gasteiger charge is -2.15. The topological polar surface area (TPSA) is 131 Å². The van der Waals surface area contributed by atoms with Gasteiger partial charge in [0.2, 0.25) is 11.8 Å². The number of sulfonamides is 1. The Bertz CT molecular complexity index is 1230. The molecule has 3 rings (SSSR count). The van der Waals surface area contributed by atoms with E-state index in [4.69, 9.17) is 9.47 Å². The molecule has 10 nitrogen and oxygen atoms in total. The van der Waals surface area contributed by atoms with Crippen LogP contribution in [0.4, 0.5) is 5.69 Å². The molecule has 2 aromatic rings. The minimum atomic E-state index is -4.26. The number of carbonyl (C=O) groups excluding carboxylic acids is 3. The normalized spacial score (nSPS) is 14.0. The molecule has 1 aliphatic heterocycles. The zero-order valence-corrected chi connectivity index (χ0v) is 19.8. The van der Waals surface area contributed by atoms with Crippen molar-refractivity contribution in [2.45, 2.75) is 25.7 Å². The molecule has 0 atom stereocenters. The first-order valence-corrected chi connectivity index (χ1v) is 11.4. The number of carbonyl (C=O) groups is 3. The average Bonchev–Trinajstić information content (AvgIpc) is 2.93. The first-order chi connectivity index (χ1) is 15.5. The quantitative estimate of drug-likeness (QED) is 0.621. The number of fused-ring (bicyclic) bond motifs is 1. The molecule has 33 heavy (non-hydrogen) atoms. The molecule has 0 saturated carbocycles. The third kappa shape index (κ3) is 4.63. The van der Waals surface area contributed by atoms with Gasteiger partial charge in [-0.2, -0.15) is 0 Å². The van der Waals surface area contributed by atoms with E-state index < -0.39 is 34.3 Å². The van der Waals surface area contributed by atoms with Gasteiger partial charge in [0.1, 0.15) is 11.4 Å². The molecule has 0 aliphatic carbocycles. The van der Waals surface area contributed by atoms with E-state index in [0.717, 1.165) is 16.7 Å². The number of hydrogen-bond donors (Lipinski definition) is 2. The molecule has 0 aromatic heterocycles. The van der Waals surface area contributed by atoms with Gasteiger partial charge in [-0.1, -0.05) is 17.7 Å². The van der Waals surface area contributed by atoms with E-state index in [1.54, 1.807) is 0 Å². The van der Waals surface area contributed by atoms with Crippen molar-refractivity contribution in [2.24, 2.45) is 0 Å². The first-order valence-electron chi connectivity index (χ1n) is 9.97. The summed E-state index contributed by atoms with van der Waals surface area (Å²) in [7, 11) is -1.57. The van der Waals surface area contributed by atoms with Crippen LogP contribution in [-0.4, -0.2) is 57.8 Å². The molecule has 0 radical (unpaired) electrons. The lowest BCUT2D eigenvalue weighted by atomic mass is 10.1. The Hall–Kier alpha value is -3.60. The van der Waals surface area contributed by atoms with Gasteiger partial charge in [0.15, 0.2) is 11.5 Å². The van der Waals surface area contributed by atoms with Crippen molar-refractivity contribution >= 4 is 33.4 Å². The molecule has 1 aliphatic rings. The maximum absolute atomic E-state index is 12.8. The maximum atomic E-state index is 12.8. The van der Waals surface area contributed by atoms with Gasteiger partial charge in [0.25, 0.3) is 15.9 Å². The van der Waals surface area contributed by atoms with E-state index in [1.165, 1.54) is 26.4 Å². The van der Waals surface area contributed by atoms with Crippen LogP contribution in [0.1, 0.15) is 27.0 Å². The number of anilines is 1. The second kappa shape index (κ2) is 9.10. The molecule has 0 unspecified atom stereocenters. The molecule has 3 amide bonds. The van der Waals surface area contributed by atoms with Gasteiger partial charge in [-0.25, -0.2) is 12.7 Å². The predicted octanol–water partition coefficient (Wildman–Crippen LogP) is 1.53. The number of aryl methyl sites for hydroxylation is 3. The third-order valence-electron chi connectivity index (χ3n) is 5.19. The lowest BCUT2D eigenvalue weighted by molar-refractivity contribution is -0.124. The molecular formula is C22H25N3O7S. The summed E-state index contributed by atoms with van der Waals surface area (Å²) in [5.74, 6) is -1.82. The van der Waals surface area contributed by atoms with Crippen LogP contribution in [0.2, 0.25) is 0 Å². The predicted molar refractivity (Wildman–Crippen MR) is 120 cm³/mol. The average molecular weight is 476 g/mol. The molecular weight excluding hydrogens is 450 g/mol. The van der Waals surface area contributed by atoms with Crippen molar-refractivity contribution in [1.29, 1.82) is 0 Å². The standard InChI is InChI=1S/C22H25N3O7S/c1-12-6-13(2)21(14(3)7-12)24-19(26)10-23-20(27)11-25-22(28)15-8-16(31-4)17(32-5)9-18(15)33(25,29)30/h6-9H,10-11H2,1-5H3,(H,23,27)(H,24,26). The smallest absolute Gasteiger partial charge is 0.269 e. The van der Waals surface area contributed by atoms with E-state index in [-0.39, 0.29) is 28.5 Å². The van der Waals surface area contributed by atoms with Gasteiger partial charge in [0, 0.05) is 11.8 Å². The second-order valence-electron chi connectivity index (χ2n) is 7.62. The molecule has 0 fully saturated rings. The summed E-state index contributed by atoms with van der Waals surface area (Å²) in [6.45, 7) is 4.52. The summed E-state index contributed by atoms with van der Waals surface area (Å²) in [5, 5.41) is 5.09. The van der Waals surface area contributed by atoms with Crippen LogP contribution >= 0.6 is 0 Å². The summed E-state index contributed by atoms with van der Waals surface area (Å²) in [6, 6.07) is 6.28. The summed E-state index contributed by atoms with van der Waals surface area (Å²) in [5.41, 5.74) is 3.34. The number of ether oxygens (including phenoxy) is 2. The van der Waals surface area contributed by atoms with E-state index in [0.29, 0.717) is 9.99 Å². The van der Waals surface area contributed by atoms with Gasteiger partial charge in [-0.3, -0.25) is 14.4 Å². The van der Waals surface area contributed by atoms with Crippen molar-refractivity contribution in [2.75, 3.05) is 32.6 Å². The zero-order valence-electron chi connectivity index (χ0n) is 18.9. The monoisotopic (exact) mass is 475 g/mol. The van der Waals surface area contributed by atoms with Crippen molar-refractivity contribution < 1.29 is 32.3 Å². The van der Waals surface area contributed by atoms with Gasteiger partial charge in [-0.05, 0) is 38.0 Å². The van der Waals surface area contributed by atoms with E-state index in [1.807, 2.05) is 32.9 Å². The second-order valence-corrected chi connectivity index (χ2v) is 9.45. The Morgan fingerprint density at radius 2 is 1.52 bits per heavy atom. The van der Waals surface area contributed by atoms with Crippen LogP contribution in [0.3, 0.4) is 0 Å². The van der Waals surface area contributed by atoms with Crippen molar-refractivity contribution in [1.82, 2.24) is 9.62 Å². The highest BCUT2D eigenvalue weighted by Crippen LogP contribution is 2.38. The number of methoxy groups -OCH3 is 2. The molecule has 176 valence electrons. The molecule has 2 N–H and O–H groups in total. The van der Waals surface area contributed by atoms with Crippen LogP contribution in [0.25, 0.3) is 0 Å². The first kappa shape index (κ1) is 24.1.